The van der Waals surface area contributed by atoms with Crippen molar-refractivity contribution in [2.45, 2.75) is 19.1 Å². The molecular formula is C18H12ClF3N4O3. The largest absolute Gasteiger partial charge is 0.439 e. The maximum absolute atomic E-state index is 12.9. The summed E-state index contributed by atoms with van der Waals surface area (Å²) >= 11 is 5.93. The van der Waals surface area contributed by atoms with Gasteiger partial charge >= 0.3 is 6.18 Å². The maximum atomic E-state index is 12.9. The molecule has 0 spiro atoms. The zero-order valence-electron chi connectivity index (χ0n) is 14.6. The number of imide groups is 1. The third-order valence-corrected chi connectivity index (χ3v) is 4.86. The first-order valence-corrected chi connectivity index (χ1v) is 8.80. The smallest absolute Gasteiger partial charge is 0.416 e. The Morgan fingerprint density at radius 1 is 1.17 bits per heavy atom. The Hall–Kier alpha value is -3.14. The summed E-state index contributed by atoms with van der Waals surface area (Å²) in [6.45, 7) is 0.495. The highest BCUT2D eigenvalue weighted by molar-refractivity contribution is 6.47. The van der Waals surface area contributed by atoms with Crippen LogP contribution >= 0.6 is 11.6 Å². The van der Waals surface area contributed by atoms with Crippen molar-refractivity contribution in [3.8, 4) is 11.6 Å². The quantitative estimate of drug-likeness (QED) is 0.763. The molecular weight excluding hydrogens is 413 g/mol. The van der Waals surface area contributed by atoms with Crippen LogP contribution in [-0.4, -0.2) is 33.2 Å². The molecule has 2 amide bonds. The van der Waals surface area contributed by atoms with Crippen molar-refractivity contribution in [1.29, 1.82) is 0 Å². The molecule has 2 aliphatic rings. The van der Waals surface area contributed by atoms with Gasteiger partial charge in [0.1, 0.15) is 22.8 Å². The van der Waals surface area contributed by atoms with Gasteiger partial charge in [0.05, 0.1) is 17.8 Å². The first-order chi connectivity index (χ1) is 13.7. The molecule has 0 saturated carbocycles. The third kappa shape index (κ3) is 3.63. The Morgan fingerprint density at radius 2 is 1.97 bits per heavy atom. The molecule has 2 aromatic rings. The van der Waals surface area contributed by atoms with E-state index in [1.807, 2.05) is 0 Å². The van der Waals surface area contributed by atoms with Crippen molar-refractivity contribution >= 4 is 23.4 Å². The summed E-state index contributed by atoms with van der Waals surface area (Å²) in [5.74, 6) is -1.11. The lowest BCUT2D eigenvalue weighted by Gasteiger charge is -2.30. The van der Waals surface area contributed by atoms with Crippen LogP contribution in [-0.2, 0) is 28.7 Å². The standard InChI is InChI=1S/C18H12ClF3N4O3/c19-13-14(16(28)25-15(13)27)26-5-4-11-12(7-26)23-8-24-17(11)29-10-3-1-2-9(6-10)18(20,21)22/h1-3,6,8H,4-5,7H2,(H,25,27,28). The second-order valence-electron chi connectivity index (χ2n) is 6.35. The number of carbonyl (C=O) groups is 2. The molecule has 0 saturated heterocycles. The highest BCUT2D eigenvalue weighted by atomic mass is 35.5. The fraction of sp³-hybridized carbons (Fsp3) is 0.222. The van der Waals surface area contributed by atoms with E-state index in [0.717, 1.165) is 12.1 Å². The van der Waals surface area contributed by atoms with Crippen molar-refractivity contribution in [3.63, 3.8) is 0 Å². The van der Waals surface area contributed by atoms with Crippen molar-refractivity contribution in [3.05, 3.63) is 58.1 Å². The molecule has 0 bridgehead atoms. The average Bonchev–Trinajstić information content (AvgIpc) is 2.93. The van der Waals surface area contributed by atoms with Gasteiger partial charge in [-0.25, -0.2) is 9.97 Å². The van der Waals surface area contributed by atoms with Gasteiger partial charge in [-0.3, -0.25) is 14.9 Å². The lowest BCUT2D eigenvalue weighted by atomic mass is 10.1. The van der Waals surface area contributed by atoms with Gasteiger partial charge in [-0.2, -0.15) is 13.2 Å². The first kappa shape index (κ1) is 19.2. The van der Waals surface area contributed by atoms with Crippen LogP contribution in [0.5, 0.6) is 11.6 Å². The SMILES string of the molecule is O=C1NC(=O)C(N2CCc3c(ncnc3Oc3cccc(C(F)(F)F)c3)C2)=C1Cl. The molecule has 7 nitrogen and oxygen atoms in total. The van der Waals surface area contributed by atoms with E-state index < -0.39 is 23.6 Å². The Morgan fingerprint density at radius 3 is 2.66 bits per heavy atom. The molecule has 11 heteroatoms. The van der Waals surface area contributed by atoms with Crippen molar-refractivity contribution in [1.82, 2.24) is 20.2 Å². The van der Waals surface area contributed by atoms with Gasteiger partial charge in [0, 0.05) is 12.1 Å². The van der Waals surface area contributed by atoms with Crippen molar-refractivity contribution < 1.29 is 27.5 Å². The van der Waals surface area contributed by atoms with E-state index in [-0.39, 0.29) is 28.9 Å². The molecule has 0 aliphatic carbocycles. The molecule has 0 radical (unpaired) electrons. The van der Waals surface area contributed by atoms with Crippen LogP contribution in [0.4, 0.5) is 13.2 Å². The zero-order valence-corrected chi connectivity index (χ0v) is 15.3. The van der Waals surface area contributed by atoms with Crippen LogP contribution < -0.4 is 10.1 Å². The van der Waals surface area contributed by atoms with Gasteiger partial charge in [-0.05, 0) is 24.6 Å². The molecule has 3 heterocycles. The second-order valence-corrected chi connectivity index (χ2v) is 6.73. The highest BCUT2D eigenvalue weighted by Gasteiger charge is 2.35. The number of hydrogen-bond acceptors (Lipinski definition) is 6. The van der Waals surface area contributed by atoms with E-state index in [2.05, 4.69) is 15.3 Å². The Labute approximate surface area is 167 Å². The summed E-state index contributed by atoms with van der Waals surface area (Å²) in [5, 5.41) is 1.94. The number of hydrogen-bond donors (Lipinski definition) is 1. The number of aromatic nitrogens is 2. The van der Waals surface area contributed by atoms with Crippen LogP contribution in [0, 0.1) is 0 Å². The van der Waals surface area contributed by atoms with E-state index >= 15 is 0 Å². The lowest BCUT2D eigenvalue weighted by Crippen LogP contribution is -2.35. The second kappa shape index (κ2) is 7.03. The molecule has 150 valence electrons. The number of halogens is 4. The highest BCUT2D eigenvalue weighted by Crippen LogP contribution is 2.34. The monoisotopic (exact) mass is 424 g/mol. The summed E-state index contributed by atoms with van der Waals surface area (Å²) in [6, 6.07) is 4.49. The third-order valence-electron chi connectivity index (χ3n) is 4.51. The molecule has 0 atom stereocenters. The number of rotatable bonds is 3. The maximum Gasteiger partial charge on any atom is 0.416 e. The predicted molar refractivity (Wildman–Crippen MR) is 93.7 cm³/mol. The number of benzene rings is 1. The predicted octanol–water partition coefficient (Wildman–Crippen LogP) is 2.75. The summed E-state index contributed by atoms with van der Waals surface area (Å²) in [4.78, 5) is 33.4. The Balaban J connectivity index is 1.60. The van der Waals surface area contributed by atoms with Crippen LogP contribution in [0.2, 0.25) is 0 Å². The van der Waals surface area contributed by atoms with Gasteiger partial charge in [0.25, 0.3) is 11.8 Å². The minimum absolute atomic E-state index is 0.00493. The molecule has 1 aromatic carbocycles. The van der Waals surface area contributed by atoms with Crippen LogP contribution in [0.15, 0.2) is 41.3 Å². The molecule has 4 rings (SSSR count). The molecule has 1 N–H and O–H groups in total. The van der Waals surface area contributed by atoms with Crippen molar-refractivity contribution in [2.75, 3.05) is 6.54 Å². The number of fused-ring (bicyclic) bond motifs is 1. The lowest BCUT2D eigenvalue weighted by molar-refractivity contribution is -0.137. The van der Waals surface area contributed by atoms with Crippen LogP contribution in [0.1, 0.15) is 16.8 Å². The molecule has 1 aromatic heterocycles. The number of nitrogens with zero attached hydrogens (tertiary/aromatic N) is 3. The first-order valence-electron chi connectivity index (χ1n) is 8.42. The number of ether oxygens (including phenoxy) is 1. The van der Waals surface area contributed by atoms with Gasteiger partial charge in [-0.1, -0.05) is 17.7 Å². The number of nitrogens with one attached hydrogen (secondary N) is 1. The van der Waals surface area contributed by atoms with E-state index in [1.54, 1.807) is 4.90 Å². The molecule has 0 unspecified atom stereocenters. The van der Waals surface area contributed by atoms with Gasteiger partial charge in [0.15, 0.2) is 0 Å². The van der Waals surface area contributed by atoms with E-state index in [4.69, 9.17) is 16.3 Å². The van der Waals surface area contributed by atoms with Gasteiger partial charge in [0.2, 0.25) is 5.88 Å². The number of carbonyl (C=O) groups excluding carboxylic acids is 2. The topological polar surface area (TPSA) is 84.4 Å². The molecule has 2 aliphatic heterocycles. The fourth-order valence-corrected chi connectivity index (χ4v) is 3.41. The summed E-state index contributed by atoms with van der Waals surface area (Å²) in [5.41, 5.74) is 0.379. The summed E-state index contributed by atoms with van der Waals surface area (Å²) < 4.78 is 44.3. The van der Waals surface area contributed by atoms with E-state index in [9.17, 15) is 22.8 Å². The Kier molecular flexibility index (Phi) is 4.65. The average molecular weight is 425 g/mol. The number of amides is 2. The van der Waals surface area contributed by atoms with Crippen LogP contribution in [0.25, 0.3) is 0 Å². The van der Waals surface area contributed by atoms with Gasteiger partial charge < -0.3 is 9.64 Å². The van der Waals surface area contributed by atoms with E-state index in [1.165, 1.54) is 18.5 Å². The molecule has 29 heavy (non-hydrogen) atoms. The normalized spacial score (nSPS) is 16.8. The summed E-state index contributed by atoms with van der Waals surface area (Å²) in [7, 11) is 0. The molecule has 0 fully saturated rings. The number of alkyl halides is 3. The minimum Gasteiger partial charge on any atom is -0.439 e. The van der Waals surface area contributed by atoms with Crippen LogP contribution in [0.3, 0.4) is 0 Å². The van der Waals surface area contributed by atoms with Crippen molar-refractivity contribution in [2.24, 2.45) is 0 Å². The fourth-order valence-electron chi connectivity index (χ4n) is 3.16. The van der Waals surface area contributed by atoms with Gasteiger partial charge in [-0.15, -0.1) is 0 Å². The zero-order chi connectivity index (χ0) is 20.8. The minimum atomic E-state index is -4.49. The summed E-state index contributed by atoms with van der Waals surface area (Å²) in [6.07, 6.45) is -2.92. The van der Waals surface area contributed by atoms with E-state index in [0.29, 0.717) is 24.2 Å². The Bertz CT molecular complexity index is 1050.